The molecule has 1 saturated carbocycles. The molecule has 20 heavy (non-hydrogen) atoms. The lowest BCUT2D eigenvalue weighted by atomic mass is 9.79. The maximum Gasteiger partial charge on any atom is 0.223 e. The molecule has 4 nitrogen and oxygen atoms in total. The van der Waals surface area contributed by atoms with Crippen molar-refractivity contribution in [3.05, 3.63) is 47.1 Å². The van der Waals surface area contributed by atoms with Gasteiger partial charge in [-0.05, 0) is 48.6 Å². The van der Waals surface area contributed by atoms with Crippen LogP contribution in [-0.4, -0.2) is 10.1 Å². The summed E-state index contributed by atoms with van der Waals surface area (Å²) in [6.07, 6.45) is 4.36. The van der Waals surface area contributed by atoms with E-state index in [-0.39, 0.29) is 0 Å². The van der Waals surface area contributed by atoms with Gasteiger partial charge < -0.3 is 10.3 Å². The predicted molar refractivity (Wildman–Crippen MR) is 75.0 cm³/mol. The SMILES string of the molecule is Cc1nc(C2(N)C3CCC2Cc2ccccc2C3)no1. The molecule has 0 spiro atoms. The second kappa shape index (κ2) is 4.16. The van der Waals surface area contributed by atoms with Crippen molar-refractivity contribution in [3.8, 4) is 0 Å². The van der Waals surface area contributed by atoms with Crippen molar-refractivity contribution in [1.82, 2.24) is 10.1 Å². The summed E-state index contributed by atoms with van der Waals surface area (Å²) in [6, 6.07) is 8.71. The first-order valence-corrected chi connectivity index (χ1v) is 7.34. The monoisotopic (exact) mass is 269 g/mol. The van der Waals surface area contributed by atoms with Gasteiger partial charge in [-0.25, -0.2) is 0 Å². The highest BCUT2D eigenvalue weighted by Gasteiger charge is 2.52. The number of fused-ring (bicyclic) bond motifs is 3. The maximum atomic E-state index is 6.84. The smallest absolute Gasteiger partial charge is 0.223 e. The highest BCUT2D eigenvalue weighted by Crippen LogP contribution is 2.50. The Labute approximate surface area is 118 Å². The summed E-state index contributed by atoms with van der Waals surface area (Å²) < 4.78 is 5.18. The maximum absolute atomic E-state index is 6.84. The van der Waals surface area contributed by atoms with Gasteiger partial charge in [0.2, 0.25) is 5.89 Å². The molecule has 2 bridgehead atoms. The summed E-state index contributed by atoms with van der Waals surface area (Å²) in [4.78, 5) is 4.45. The minimum atomic E-state index is -0.434. The molecular weight excluding hydrogens is 250 g/mol. The molecule has 2 aliphatic carbocycles. The molecule has 2 unspecified atom stereocenters. The van der Waals surface area contributed by atoms with Gasteiger partial charge in [-0.15, -0.1) is 0 Å². The zero-order valence-corrected chi connectivity index (χ0v) is 11.7. The van der Waals surface area contributed by atoms with Crippen LogP contribution in [0.25, 0.3) is 0 Å². The molecule has 0 aliphatic heterocycles. The molecule has 1 fully saturated rings. The summed E-state index contributed by atoms with van der Waals surface area (Å²) >= 11 is 0. The molecule has 0 amide bonds. The van der Waals surface area contributed by atoms with E-state index in [0.29, 0.717) is 23.6 Å². The fourth-order valence-corrected chi connectivity index (χ4v) is 4.08. The molecule has 2 atom stereocenters. The minimum Gasteiger partial charge on any atom is -0.340 e. The number of aromatic nitrogens is 2. The van der Waals surface area contributed by atoms with Gasteiger partial charge in [-0.3, -0.25) is 0 Å². The van der Waals surface area contributed by atoms with Crippen LogP contribution >= 0.6 is 0 Å². The molecule has 2 aromatic rings. The molecule has 4 heteroatoms. The van der Waals surface area contributed by atoms with Gasteiger partial charge in [0.25, 0.3) is 0 Å². The van der Waals surface area contributed by atoms with E-state index in [4.69, 9.17) is 10.3 Å². The van der Waals surface area contributed by atoms with Crippen LogP contribution in [0.4, 0.5) is 0 Å². The lowest BCUT2D eigenvalue weighted by molar-refractivity contribution is 0.230. The molecule has 0 saturated heterocycles. The molecule has 1 aromatic carbocycles. The minimum absolute atomic E-state index is 0.410. The van der Waals surface area contributed by atoms with Crippen molar-refractivity contribution < 1.29 is 4.52 Å². The fourth-order valence-electron chi connectivity index (χ4n) is 4.08. The number of nitrogens with two attached hydrogens (primary N) is 1. The van der Waals surface area contributed by atoms with Crippen molar-refractivity contribution in [2.75, 3.05) is 0 Å². The second-order valence-corrected chi connectivity index (χ2v) is 6.22. The summed E-state index contributed by atoms with van der Waals surface area (Å²) in [5.41, 5.74) is 9.28. The molecule has 1 heterocycles. The van der Waals surface area contributed by atoms with Crippen molar-refractivity contribution in [2.45, 2.75) is 38.1 Å². The van der Waals surface area contributed by atoms with Crippen LogP contribution in [0.15, 0.2) is 28.8 Å². The summed E-state index contributed by atoms with van der Waals surface area (Å²) in [5.74, 6) is 2.13. The zero-order valence-electron chi connectivity index (χ0n) is 11.7. The van der Waals surface area contributed by atoms with Gasteiger partial charge in [0.05, 0.1) is 5.54 Å². The topological polar surface area (TPSA) is 64.9 Å². The predicted octanol–water partition coefficient (Wildman–Crippen LogP) is 2.36. The Kier molecular flexibility index (Phi) is 2.51. The van der Waals surface area contributed by atoms with Crippen molar-refractivity contribution in [1.29, 1.82) is 0 Å². The summed E-state index contributed by atoms with van der Waals surface area (Å²) in [6.45, 7) is 1.83. The summed E-state index contributed by atoms with van der Waals surface area (Å²) in [7, 11) is 0. The standard InChI is InChI=1S/C16H19N3O/c1-10-18-15(19-20-10)16(17)13-6-7-14(16)9-12-5-3-2-4-11(12)8-13/h2-5,13-14H,6-9,17H2,1H3. The molecule has 0 radical (unpaired) electrons. The van der Waals surface area contributed by atoms with Gasteiger partial charge in [0.15, 0.2) is 5.82 Å². The Morgan fingerprint density at radius 1 is 1.15 bits per heavy atom. The number of hydrogen-bond acceptors (Lipinski definition) is 4. The lowest BCUT2D eigenvalue weighted by Crippen LogP contribution is -2.47. The third kappa shape index (κ3) is 1.57. The number of aryl methyl sites for hydroxylation is 1. The van der Waals surface area contributed by atoms with Crippen LogP contribution in [0.5, 0.6) is 0 Å². The van der Waals surface area contributed by atoms with E-state index in [1.165, 1.54) is 11.1 Å². The number of hydrogen-bond donors (Lipinski definition) is 1. The Balaban J connectivity index is 1.81. The van der Waals surface area contributed by atoms with Crippen LogP contribution in [0.2, 0.25) is 0 Å². The zero-order chi connectivity index (χ0) is 13.7. The van der Waals surface area contributed by atoms with Crippen LogP contribution in [0.1, 0.15) is 35.7 Å². The number of benzene rings is 1. The van der Waals surface area contributed by atoms with E-state index in [9.17, 15) is 0 Å². The fraction of sp³-hybridized carbons (Fsp3) is 0.500. The average Bonchev–Trinajstić information content (AvgIpc) is 2.94. The van der Waals surface area contributed by atoms with Crippen molar-refractivity contribution in [3.63, 3.8) is 0 Å². The second-order valence-electron chi connectivity index (χ2n) is 6.22. The van der Waals surface area contributed by atoms with E-state index >= 15 is 0 Å². The quantitative estimate of drug-likeness (QED) is 0.863. The summed E-state index contributed by atoms with van der Waals surface area (Å²) in [5, 5.41) is 4.15. The van der Waals surface area contributed by atoms with E-state index < -0.39 is 5.54 Å². The molecule has 104 valence electrons. The third-order valence-corrected chi connectivity index (χ3v) is 5.18. The molecule has 2 N–H and O–H groups in total. The van der Waals surface area contributed by atoms with Gasteiger partial charge in [0.1, 0.15) is 0 Å². The van der Waals surface area contributed by atoms with Crippen LogP contribution in [-0.2, 0) is 18.4 Å². The Morgan fingerprint density at radius 3 is 2.25 bits per heavy atom. The van der Waals surface area contributed by atoms with Crippen LogP contribution < -0.4 is 5.73 Å². The van der Waals surface area contributed by atoms with Crippen molar-refractivity contribution >= 4 is 0 Å². The van der Waals surface area contributed by atoms with E-state index in [1.54, 1.807) is 0 Å². The first-order chi connectivity index (χ1) is 9.68. The Bertz CT molecular complexity index is 616. The van der Waals surface area contributed by atoms with E-state index in [1.807, 2.05) is 6.92 Å². The van der Waals surface area contributed by atoms with E-state index in [0.717, 1.165) is 25.7 Å². The van der Waals surface area contributed by atoms with Gasteiger partial charge in [0, 0.05) is 6.92 Å². The first-order valence-electron chi connectivity index (χ1n) is 7.34. The molecule has 4 rings (SSSR count). The van der Waals surface area contributed by atoms with Crippen LogP contribution in [0, 0.1) is 18.8 Å². The van der Waals surface area contributed by atoms with E-state index in [2.05, 4.69) is 34.4 Å². The Hall–Kier alpha value is -1.68. The lowest BCUT2D eigenvalue weighted by Gasteiger charge is -2.31. The van der Waals surface area contributed by atoms with Crippen molar-refractivity contribution in [2.24, 2.45) is 17.6 Å². The normalized spacial score (nSPS) is 31.9. The third-order valence-electron chi connectivity index (χ3n) is 5.18. The number of nitrogens with zero attached hydrogens (tertiary/aromatic N) is 2. The first kappa shape index (κ1) is 12.1. The average molecular weight is 269 g/mol. The Morgan fingerprint density at radius 2 is 1.75 bits per heavy atom. The molecule has 1 aromatic heterocycles. The highest BCUT2D eigenvalue weighted by molar-refractivity contribution is 5.33. The largest absolute Gasteiger partial charge is 0.340 e. The molecule has 2 aliphatic rings. The van der Waals surface area contributed by atoms with Gasteiger partial charge >= 0.3 is 0 Å². The van der Waals surface area contributed by atoms with Crippen LogP contribution in [0.3, 0.4) is 0 Å². The van der Waals surface area contributed by atoms with Gasteiger partial charge in [-0.2, -0.15) is 4.98 Å². The highest BCUT2D eigenvalue weighted by atomic mass is 16.5. The molecular formula is C16H19N3O. The number of rotatable bonds is 1. The van der Waals surface area contributed by atoms with Gasteiger partial charge in [-0.1, -0.05) is 29.4 Å².